The molecule has 0 amide bonds. The van der Waals surface area contributed by atoms with Crippen LogP contribution in [-0.4, -0.2) is 11.1 Å². The molecule has 1 unspecified atom stereocenters. The van der Waals surface area contributed by atoms with Gasteiger partial charge in [0.1, 0.15) is 6.10 Å². The van der Waals surface area contributed by atoms with Gasteiger partial charge in [0, 0.05) is 0 Å². The Bertz CT molecular complexity index is 292. The first-order chi connectivity index (χ1) is 5.61. The summed E-state index contributed by atoms with van der Waals surface area (Å²) in [4.78, 5) is 10.5. The fraction of sp³-hybridized carbons (Fsp3) is 0.222. The van der Waals surface area contributed by atoms with Crippen LogP contribution in [0.1, 0.15) is 28.9 Å². The van der Waals surface area contributed by atoms with Gasteiger partial charge in [-0.25, -0.2) is 9.90 Å². The van der Waals surface area contributed by atoms with Gasteiger partial charge in [0.2, 0.25) is 0 Å². The Hall–Kier alpha value is -1.35. The number of rotatable bonds is 2. The molecule has 1 rings (SSSR count). The molecule has 1 radical (unpaired) electrons. The molecule has 3 heteroatoms. The van der Waals surface area contributed by atoms with Crippen molar-refractivity contribution in [2.24, 2.45) is 0 Å². The average Bonchev–Trinajstić information content (AvgIpc) is 2.04. The molecule has 0 aliphatic carbocycles. The third-order valence-electron chi connectivity index (χ3n) is 1.60. The van der Waals surface area contributed by atoms with Crippen LogP contribution >= 0.6 is 0 Å². The molecule has 0 heterocycles. The van der Waals surface area contributed by atoms with Crippen LogP contribution in [0.2, 0.25) is 0 Å². The molecule has 1 aromatic carbocycles. The van der Waals surface area contributed by atoms with E-state index < -0.39 is 12.1 Å². The van der Waals surface area contributed by atoms with Crippen molar-refractivity contribution in [3.63, 3.8) is 0 Å². The van der Waals surface area contributed by atoms with E-state index in [2.05, 4.69) is 0 Å². The van der Waals surface area contributed by atoms with Crippen LogP contribution in [0.4, 0.5) is 0 Å². The van der Waals surface area contributed by atoms with Crippen LogP contribution in [0.25, 0.3) is 0 Å². The molecule has 0 spiro atoms. The van der Waals surface area contributed by atoms with Crippen molar-refractivity contribution >= 4 is 5.97 Å². The molecular formula is C9H9O3. The van der Waals surface area contributed by atoms with E-state index in [1.807, 2.05) is 0 Å². The lowest BCUT2D eigenvalue weighted by Crippen LogP contribution is -1.98. The Morgan fingerprint density at radius 1 is 1.50 bits per heavy atom. The summed E-state index contributed by atoms with van der Waals surface area (Å²) in [7, 11) is 0. The minimum atomic E-state index is -1.00. The average molecular weight is 165 g/mol. The van der Waals surface area contributed by atoms with Gasteiger partial charge in [-0.2, -0.15) is 0 Å². The van der Waals surface area contributed by atoms with E-state index in [0.717, 1.165) is 0 Å². The summed E-state index contributed by atoms with van der Waals surface area (Å²) >= 11 is 0. The van der Waals surface area contributed by atoms with Crippen LogP contribution in [0, 0.1) is 0 Å². The fourth-order valence-corrected chi connectivity index (χ4v) is 0.925. The van der Waals surface area contributed by atoms with Gasteiger partial charge in [-0.3, -0.25) is 0 Å². The van der Waals surface area contributed by atoms with Crippen molar-refractivity contribution in [3.05, 3.63) is 35.4 Å². The van der Waals surface area contributed by atoms with E-state index in [0.29, 0.717) is 5.56 Å². The predicted octanol–water partition coefficient (Wildman–Crippen LogP) is 1.88. The number of hydrogen-bond donors (Lipinski definition) is 1. The molecule has 63 valence electrons. The van der Waals surface area contributed by atoms with E-state index >= 15 is 0 Å². The second-order valence-electron chi connectivity index (χ2n) is 2.57. The Balaban J connectivity index is 3.04. The molecule has 0 aromatic heterocycles. The second-order valence-corrected chi connectivity index (χ2v) is 2.57. The third-order valence-corrected chi connectivity index (χ3v) is 1.60. The largest absolute Gasteiger partial charge is 0.478 e. The lowest BCUT2D eigenvalue weighted by Gasteiger charge is -2.02. The zero-order valence-electron chi connectivity index (χ0n) is 6.65. The number of carbonyl (C=O) groups is 1. The smallest absolute Gasteiger partial charge is 0.335 e. The molecule has 0 bridgehead atoms. The van der Waals surface area contributed by atoms with Crippen molar-refractivity contribution in [3.8, 4) is 0 Å². The van der Waals surface area contributed by atoms with Crippen molar-refractivity contribution in [2.75, 3.05) is 0 Å². The van der Waals surface area contributed by atoms with Crippen molar-refractivity contribution < 1.29 is 15.0 Å². The standard InChI is InChI=1S/C9H9O3/c1-6(10)7-3-2-4-8(5-7)9(11)12/h2-6H,1H3,(H,11,12). The van der Waals surface area contributed by atoms with Crippen LogP contribution in [0.5, 0.6) is 0 Å². The number of hydrogen-bond acceptors (Lipinski definition) is 1. The molecule has 0 saturated carbocycles. The number of aromatic carboxylic acids is 1. The highest BCUT2D eigenvalue weighted by Gasteiger charge is 2.06. The zero-order chi connectivity index (χ0) is 9.14. The lowest BCUT2D eigenvalue weighted by atomic mass is 10.1. The first kappa shape index (κ1) is 8.74. The highest BCUT2D eigenvalue weighted by Crippen LogP contribution is 2.13. The third kappa shape index (κ3) is 1.83. The molecular weight excluding hydrogens is 156 g/mol. The fourth-order valence-electron chi connectivity index (χ4n) is 0.925. The highest BCUT2D eigenvalue weighted by atomic mass is 16.4. The van der Waals surface area contributed by atoms with Gasteiger partial charge >= 0.3 is 5.97 Å². The molecule has 1 N–H and O–H groups in total. The van der Waals surface area contributed by atoms with E-state index in [1.54, 1.807) is 12.1 Å². The zero-order valence-corrected chi connectivity index (χ0v) is 6.65. The van der Waals surface area contributed by atoms with Crippen molar-refractivity contribution in [1.82, 2.24) is 0 Å². The molecule has 0 aliphatic rings. The quantitative estimate of drug-likeness (QED) is 0.727. The Labute approximate surface area is 70.3 Å². The van der Waals surface area contributed by atoms with Gasteiger partial charge in [0.25, 0.3) is 0 Å². The minimum absolute atomic E-state index is 0.162. The lowest BCUT2D eigenvalue weighted by molar-refractivity contribution is 0.0696. The summed E-state index contributed by atoms with van der Waals surface area (Å²) in [6.07, 6.45) is -0.871. The molecule has 3 nitrogen and oxygen atoms in total. The monoisotopic (exact) mass is 165 g/mol. The Kier molecular flexibility index (Phi) is 2.45. The van der Waals surface area contributed by atoms with Crippen LogP contribution < -0.4 is 0 Å². The minimum Gasteiger partial charge on any atom is -0.478 e. The number of carboxylic acid groups (broad SMARTS) is 1. The SMILES string of the molecule is CC([O])c1cccc(C(=O)O)c1. The van der Waals surface area contributed by atoms with Crippen LogP contribution in [0.3, 0.4) is 0 Å². The first-order valence-electron chi connectivity index (χ1n) is 3.60. The topological polar surface area (TPSA) is 57.2 Å². The molecule has 1 aromatic rings. The Morgan fingerprint density at radius 3 is 2.67 bits per heavy atom. The molecule has 0 fully saturated rings. The van der Waals surface area contributed by atoms with E-state index in [4.69, 9.17) is 5.11 Å². The van der Waals surface area contributed by atoms with Gasteiger partial charge in [-0.05, 0) is 24.6 Å². The van der Waals surface area contributed by atoms with E-state index in [-0.39, 0.29) is 5.56 Å². The summed E-state index contributed by atoms with van der Waals surface area (Å²) in [5.41, 5.74) is 0.671. The van der Waals surface area contributed by atoms with Crippen LogP contribution in [-0.2, 0) is 5.11 Å². The van der Waals surface area contributed by atoms with E-state index in [9.17, 15) is 9.90 Å². The molecule has 1 atom stereocenters. The summed E-state index contributed by atoms with van der Waals surface area (Å²) in [6.45, 7) is 1.49. The van der Waals surface area contributed by atoms with Gasteiger partial charge in [0.15, 0.2) is 0 Å². The van der Waals surface area contributed by atoms with Gasteiger partial charge in [-0.1, -0.05) is 12.1 Å². The highest BCUT2D eigenvalue weighted by molar-refractivity contribution is 5.87. The van der Waals surface area contributed by atoms with Gasteiger partial charge < -0.3 is 5.11 Å². The molecule has 12 heavy (non-hydrogen) atoms. The first-order valence-corrected chi connectivity index (χ1v) is 3.60. The molecule has 0 aliphatic heterocycles. The normalized spacial score (nSPS) is 12.5. The maximum atomic E-state index is 10.9. The predicted molar refractivity (Wildman–Crippen MR) is 42.5 cm³/mol. The molecule has 0 saturated heterocycles. The summed E-state index contributed by atoms with van der Waals surface area (Å²) < 4.78 is 0. The van der Waals surface area contributed by atoms with Crippen molar-refractivity contribution in [2.45, 2.75) is 13.0 Å². The van der Waals surface area contributed by atoms with Gasteiger partial charge in [0.05, 0.1) is 5.56 Å². The number of benzene rings is 1. The maximum absolute atomic E-state index is 10.9. The van der Waals surface area contributed by atoms with E-state index in [1.165, 1.54) is 19.1 Å². The number of carboxylic acids is 1. The maximum Gasteiger partial charge on any atom is 0.335 e. The Morgan fingerprint density at radius 2 is 2.17 bits per heavy atom. The summed E-state index contributed by atoms with van der Waals surface area (Å²) in [5, 5.41) is 19.5. The van der Waals surface area contributed by atoms with Crippen LogP contribution in [0.15, 0.2) is 24.3 Å². The van der Waals surface area contributed by atoms with Crippen molar-refractivity contribution in [1.29, 1.82) is 0 Å². The summed E-state index contributed by atoms with van der Waals surface area (Å²) in [5.74, 6) is -1.00. The van der Waals surface area contributed by atoms with Gasteiger partial charge in [-0.15, -0.1) is 0 Å². The second kappa shape index (κ2) is 3.36. The summed E-state index contributed by atoms with van der Waals surface area (Å²) in [6, 6.07) is 6.07.